The molecule has 0 aromatic heterocycles. The number of benzene rings is 1. The van der Waals surface area contributed by atoms with Crippen LogP contribution >= 0.6 is 0 Å². The van der Waals surface area contributed by atoms with Crippen LogP contribution in [0.4, 0.5) is 0 Å². The summed E-state index contributed by atoms with van der Waals surface area (Å²) in [5.74, 6) is 1.44. The molecule has 94 valence electrons. The van der Waals surface area contributed by atoms with Gasteiger partial charge in [0, 0.05) is 0 Å². The van der Waals surface area contributed by atoms with Crippen molar-refractivity contribution in [3.05, 3.63) is 35.9 Å². The van der Waals surface area contributed by atoms with Crippen molar-refractivity contribution in [1.82, 2.24) is 0 Å². The molecular weight excluding hydrogens is 208 g/mol. The van der Waals surface area contributed by atoms with Crippen molar-refractivity contribution in [3.63, 3.8) is 0 Å². The van der Waals surface area contributed by atoms with E-state index in [1.54, 1.807) is 0 Å². The number of rotatable bonds is 4. The van der Waals surface area contributed by atoms with Crippen molar-refractivity contribution < 1.29 is 5.11 Å². The average molecular weight is 232 g/mol. The van der Waals surface area contributed by atoms with Crippen LogP contribution in [-0.4, -0.2) is 11.2 Å². The van der Waals surface area contributed by atoms with E-state index >= 15 is 0 Å². The van der Waals surface area contributed by atoms with Gasteiger partial charge in [-0.25, -0.2) is 0 Å². The Balaban J connectivity index is 1.83. The minimum absolute atomic E-state index is 0.143. The molecule has 1 aliphatic rings. The maximum atomic E-state index is 10.3. The summed E-state index contributed by atoms with van der Waals surface area (Å²) in [5, 5.41) is 10.3. The molecule has 1 heteroatoms. The van der Waals surface area contributed by atoms with Crippen LogP contribution in [0.1, 0.15) is 44.6 Å². The van der Waals surface area contributed by atoms with Gasteiger partial charge in [-0.2, -0.15) is 0 Å². The molecule has 1 aromatic carbocycles. The molecule has 1 saturated carbocycles. The van der Waals surface area contributed by atoms with Crippen LogP contribution < -0.4 is 0 Å². The van der Waals surface area contributed by atoms with E-state index in [-0.39, 0.29) is 6.10 Å². The standard InChI is InChI=1S/C16H24O/c1-2-13-8-10-15(11-9-13)16(17)12-14-6-4-3-5-7-14/h3-7,13,15-17H,2,8-12H2,1H3. The minimum Gasteiger partial charge on any atom is -0.392 e. The van der Waals surface area contributed by atoms with E-state index in [2.05, 4.69) is 31.2 Å². The van der Waals surface area contributed by atoms with E-state index in [0.29, 0.717) is 5.92 Å². The van der Waals surface area contributed by atoms with E-state index < -0.39 is 0 Å². The van der Waals surface area contributed by atoms with Gasteiger partial charge in [0.1, 0.15) is 0 Å². The quantitative estimate of drug-likeness (QED) is 0.837. The summed E-state index contributed by atoms with van der Waals surface area (Å²) in [7, 11) is 0. The smallest absolute Gasteiger partial charge is 0.0608 e. The highest BCUT2D eigenvalue weighted by Gasteiger charge is 2.25. The van der Waals surface area contributed by atoms with Gasteiger partial charge in [-0.05, 0) is 36.7 Å². The van der Waals surface area contributed by atoms with Crippen LogP contribution in [-0.2, 0) is 6.42 Å². The molecule has 0 spiro atoms. The van der Waals surface area contributed by atoms with E-state index in [1.165, 1.54) is 37.7 Å². The third kappa shape index (κ3) is 3.57. The third-order valence-corrected chi connectivity index (χ3v) is 4.30. The second-order valence-electron chi connectivity index (χ2n) is 5.45. The van der Waals surface area contributed by atoms with Gasteiger partial charge in [0.15, 0.2) is 0 Å². The fraction of sp³-hybridized carbons (Fsp3) is 0.625. The molecule has 1 fully saturated rings. The highest BCUT2D eigenvalue weighted by Crippen LogP contribution is 2.33. The SMILES string of the molecule is CCC1CCC(C(O)Cc2ccccc2)CC1. The average Bonchev–Trinajstić information content (AvgIpc) is 2.40. The summed E-state index contributed by atoms with van der Waals surface area (Å²) in [5.41, 5.74) is 1.26. The monoisotopic (exact) mass is 232 g/mol. The Labute approximate surface area is 105 Å². The normalized spacial score (nSPS) is 26.7. The molecule has 2 rings (SSSR count). The lowest BCUT2D eigenvalue weighted by molar-refractivity contribution is 0.0735. The lowest BCUT2D eigenvalue weighted by Gasteiger charge is -2.31. The first-order chi connectivity index (χ1) is 8.29. The van der Waals surface area contributed by atoms with Crippen molar-refractivity contribution in [1.29, 1.82) is 0 Å². The molecule has 0 bridgehead atoms. The Kier molecular flexibility index (Phi) is 4.61. The van der Waals surface area contributed by atoms with Crippen molar-refractivity contribution in [2.75, 3.05) is 0 Å². The van der Waals surface area contributed by atoms with E-state index in [1.807, 2.05) is 6.07 Å². The summed E-state index contributed by atoms with van der Waals surface area (Å²) in [6, 6.07) is 10.4. The van der Waals surface area contributed by atoms with Crippen molar-refractivity contribution >= 4 is 0 Å². The number of aliphatic hydroxyl groups is 1. The van der Waals surface area contributed by atoms with Gasteiger partial charge in [0.05, 0.1) is 6.10 Å². The Morgan fingerprint density at radius 3 is 2.35 bits per heavy atom. The molecule has 0 radical (unpaired) electrons. The van der Waals surface area contributed by atoms with Crippen LogP contribution in [0, 0.1) is 11.8 Å². The van der Waals surface area contributed by atoms with Crippen molar-refractivity contribution in [2.45, 2.75) is 51.6 Å². The highest BCUT2D eigenvalue weighted by molar-refractivity contribution is 5.15. The third-order valence-electron chi connectivity index (χ3n) is 4.30. The van der Waals surface area contributed by atoms with Crippen LogP contribution in [0.5, 0.6) is 0 Å². The first kappa shape index (κ1) is 12.6. The molecule has 1 N–H and O–H groups in total. The summed E-state index contributed by atoms with van der Waals surface area (Å²) in [4.78, 5) is 0. The van der Waals surface area contributed by atoms with E-state index in [4.69, 9.17) is 0 Å². The zero-order valence-electron chi connectivity index (χ0n) is 10.8. The van der Waals surface area contributed by atoms with Gasteiger partial charge in [0.2, 0.25) is 0 Å². The minimum atomic E-state index is -0.143. The van der Waals surface area contributed by atoms with E-state index in [0.717, 1.165) is 12.3 Å². The molecule has 0 amide bonds. The number of hydrogen-bond acceptors (Lipinski definition) is 1. The van der Waals surface area contributed by atoms with Gasteiger partial charge in [0.25, 0.3) is 0 Å². The van der Waals surface area contributed by atoms with Crippen molar-refractivity contribution in [3.8, 4) is 0 Å². The summed E-state index contributed by atoms with van der Waals surface area (Å²) in [6.45, 7) is 2.28. The van der Waals surface area contributed by atoms with Crippen LogP contribution in [0.15, 0.2) is 30.3 Å². The molecule has 1 nitrogen and oxygen atoms in total. The predicted octanol–water partition coefficient (Wildman–Crippen LogP) is 3.81. The Morgan fingerprint density at radius 2 is 1.76 bits per heavy atom. The Morgan fingerprint density at radius 1 is 1.12 bits per heavy atom. The van der Waals surface area contributed by atoms with Gasteiger partial charge in [-0.3, -0.25) is 0 Å². The lowest BCUT2D eigenvalue weighted by Crippen LogP contribution is -2.27. The molecule has 1 aromatic rings. The summed E-state index contributed by atoms with van der Waals surface area (Å²) >= 11 is 0. The zero-order valence-corrected chi connectivity index (χ0v) is 10.8. The zero-order chi connectivity index (χ0) is 12.1. The summed E-state index contributed by atoms with van der Waals surface area (Å²) in [6.07, 6.45) is 7.04. The lowest BCUT2D eigenvalue weighted by atomic mass is 9.77. The fourth-order valence-corrected chi connectivity index (χ4v) is 3.00. The Hall–Kier alpha value is -0.820. The second-order valence-corrected chi connectivity index (χ2v) is 5.45. The van der Waals surface area contributed by atoms with Gasteiger partial charge in [-0.1, -0.05) is 56.5 Å². The first-order valence-electron chi connectivity index (χ1n) is 7.01. The maximum absolute atomic E-state index is 10.3. The molecule has 17 heavy (non-hydrogen) atoms. The largest absolute Gasteiger partial charge is 0.392 e. The maximum Gasteiger partial charge on any atom is 0.0608 e. The fourth-order valence-electron chi connectivity index (χ4n) is 3.00. The molecule has 0 aliphatic heterocycles. The van der Waals surface area contributed by atoms with Gasteiger partial charge >= 0.3 is 0 Å². The van der Waals surface area contributed by atoms with Gasteiger partial charge < -0.3 is 5.11 Å². The van der Waals surface area contributed by atoms with Crippen LogP contribution in [0.3, 0.4) is 0 Å². The van der Waals surface area contributed by atoms with Gasteiger partial charge in [-0.15, -0.1) is 0 Å². The molecule has 1 unspecified atom stereocenters. The Bertz CT molecular complexity index is 312. The predicted molar refractivity (Wildman–Crippen MR) is 71.9 cm³/mol. The topological polar surface area (TPSA) is 20.2 Å². The van der Waals surface area contributed by atoms with Crippen LogP contribution in [0.25, 0.3) is 0 Å². The molecule has 0 heterocycles. The molecule has 0 saturated heterocycles. The van der Waals surface area contributed by atoms with Crippen LogP contribution in [0.2, 0.25) is 0 Å². The van der Waals surface area contributed by atoms with E-state index in [9.17, 15) is 5.11 Å². The second kappa shape index (κ2) is 6.20. The first-order valence-corrected chi connectivity index (χ1v) is 7.01. The molecule has 1 atom stereocenters. The molecule has 1 aliphatic carbocycles. The number of aliphatic hydroxyl groups excluding tert-OH is 1. The summed E-state index contributed by atoms with van der Waals surface area (Å²) < 4.78 is 0. The molecular formula is C16H24O. The number of hydrogen-bond donors (Lipinski definition) is 1. The highest BCUT2D eigenvalue weighted by atomic mass is 16.3. The van der Waals surface area contributed by atoms with Crippen molar-refractivity contribution in [2.24, 2.45) is 11.8 Å².